The number of methoxy groups -OCH3 is 1. The largest absolute Gasteiger partial charge is 0.491 e. The molecule has 0 fully saturated rings. The third kappa shape index (κ3) is 5.56. The Morgan fingerprint density at radius 1 is 1.17 bits per heavy atom. The number of fused-ring (bicyclic) bond motifs is 1. The summed E-state index contributed by atoms with van der Waals surface area (Å²) in [5.41, 5.74) is 3.14. The number of hydrogen-bond acceptors (Lipinski definition) is 8. The smallest absolute Gasteiger partial charge is 0.257 e. The molecule has 4 rings (SSSR count). The quantitative estimate of drug-likeness (QED) is 0.302. The van der Waals surface area contributed by atoms with Crippen LogP contribution in [0.2, 0.25) is 0 Å². The molecule has 0 spiro atoms. The SMILES string of the molecule is C=CC(=O)Nc1cccc(Nc2nc3c(c(N(C)c4ccc(OCCOC)cc4)n2)C(=O)NC3)c1. The molecule has 0 atom stereocenters. The van der Waals surface area contributed by atoms with Crippen LogP contribution < -0.4 is 25.6 Å². The van der Waals surface area contributed by atoms with E-state index in [-0.39, 0.29) is 11.8 Å². The number of rotatable bonds is 10. The van der Waals surface area contributed by atoms with E-state index in [0.717, 1.165) is 11.4 Å². The van der Waals surface area contributed by atoms with Gasteiger partial charge in [0, 0.05) is 31.2 Å². The molecule has 180 valence electrons. The van der Waals surface area contributed by atoms with Gasteiger partial charge in [0.15, 0.2) is 5.82 Å². The van der Waals surface area contributed by atoms with Crippen molar-refractivity contribution in [2.45, 2.75) is 6.54 Å². The Balaban J connectivity index is 1.60. The van der Waals surface area contributed by atoms with E-state index in [4.69, 9.17) is 9.47 Å². The number of amides is 2. The normalized spacial score (nSPS) is 11.9. The lowest BCUT2D eigenvalue weighted by atomic mass is 10.2. The van der Waals surface area contributed by atoms with Crippen molar-refractivity contribution in [3.63, 3.8) is 0 Å². The molecular formula is C25H26N6O4. The Bertz CT molecular complexity index is 1250. The van der Waals surface area contributed by atoms with Gasteiger partial charge in [-0.05, 0) is 48.5 Å². The number of hydrogen-bond donors (Lipinski definition) is 3. The van der Waals surface area contributed by atoms with Gasteiger partial charge in [0.05, 0.1) is 18.8 Å². The zero-order chi connectivity index (χ0) is 24.8. The first kappa shape index (κ1) is 23.7. The Morgan fingerprint density at radius 3 is 2.69 bits per heavy atom. The van der Waals surface area contributed by atoms with Gasteiger partial charge in [-0.2, -0.15) is 4.98 Å². The van der Waals surface area contributed by atoms with Crippen LogP contribution in [0, 0.1) is 0 Å². The van der Waals surface area contributed by atoms with E-state index in [0.29, 0.717) is 54.2 Å². The number of aromatic nitrogens is 2. The van der Waals surface area contributed by atoms with Crippen LogP contribution in [0.15, 0.2) is 61.2 Å². The first-order valence-electron chi connectivity index (χ1n) is 10.9. The van der Waals surface area contributed by atoms with E-state index in [1.165, 1.54) is 6.08 Å². The van der Waals surface area contributed by atoms with E-state index in [9.17, 15) is 9.59 Å². The van der Waals surface area contributed by atoms with Crippen molar-refractivity contribution >= 4 is 40.6 Å². The minimum atomic E-state index is -0.306. The Labute approximate surface area is 203 Å². The minimum Gasteiger partial charge on any atom is -0.491 e. The summed E-state index contributed by atoms with van der Waals surface area (Å²) in [7, 11) is 3.46. The molecule has 2 amide bonds. The summed E-state index contributed by atoms with van der Waals surface area (Å²) < 4.78 is 10.6. The zero-order valence-corrected chi connectivity index (χ0v) is 19.5. The first-order chi connectivity index (χ1) is 17.0. The Hall–Kier alpha value is -4.44. The third-order valence-electron chi connectivity index (χ3n) is 5.28. The average molecular weight is 475 g/mol. The summed E-state index contributed by atoms with van der Waals surface area (Å²) in [4.78, 5) is 35.2. The summed E-state index contributed by atoms with van der Waals surface area (Å²) in [6.45, 7) is 4.73. The highest BCUT2D eigenvalue weighted by Crippen LogP contribution is 2.32. The second kappa shape index (κ2) is 10.7. The van der Waals surface area contributed by atoms with Gasteiger partial charge in [0.25, 0.3) is 5.91 Å². The topological polar surface area (TPSA) is 118 Å². The van der Waals surface area contributed by atoms with Crippen LogP contribution in [0.5, 0.6) is 5.75 Å². The predicted octanol–water partition coefficient (Wildman–Crippen LogP) is 3.38. The van der Waals surface area contributed by atoms with Gasteiger partial charge in [0.1, 0.15) is 17.9 Å². The van der Waals surface area contributed by atoms with Crippen molar-refractivity contribution in [1.82, 2.24) is 15.3 Å². The van der Waals surface area contributed by atoms with Crippen LogP contribution in [0.1, 0.15) is 16.1 Å². The molecule has 35 heavy (non-hydrogen) atoms. The van der Waals surface area contributed by atoms with Gasteiger partial charge in [-0.3, -0.25) is 9.59 Å². The van der Waals surface area contributed by atoms with Crippen molar-refractivity contribution in [2.24, 2.45) is 0 Å². The molecule has 2 heterocycles. The molecule has 0 radical (unpaired) electrons. The second-order valence-corrected chi connectivity index (χ2v) is 7.67. The molecule has 0 aliphatic carbocycles. The maximum absolute atomic E-state index is 12.6. The van der Waals surface area contributed by atoms with E-state index in [2.05, 4.69) is 32.5 Å². The van der Waals surface area contributed by atoms with E-state index >= 15 is 0 Å². The van der Waals surface area contributed by atoms with Crippen LogP contribution >= 0.6 is 0 Å². The average Bonchev–Trinajstić information content (AvgIpc) is 3.24. The van der Waals surface area contributed by atoms with Gasteiger partial charge < -0.3 is 30.3 Å². The molecule has 0 bridgehead atoms. The molecule has 10 nitrogen and oxygen atoms in total. The van der Waals surface area contributed by atoms with Crippen LogP contribution in [-0.4, -0.2) is 49.2 Å². The molecule has 1 aliphatic heterocycles. The molecule has 3 aromatic rings. The van der Waals surface area contributed by atoms with Gasteiger partial charge in [-0.25, -0.2) is 4.98 Å². The second-order valence-electron chi connectivity index (χ2n) is 7.67. The third-order valence-corrected chi connectivity index (χ3v) is 5.28. The van der Waals surface area contributed by atoms with E-state index < -0.39 is 0 Å². The summed E-state index contributed by atoms with van der Waals surface area (Å²) in [5, 5.41) is 8.70. The molecule has 0 saturated heterocycles. The number of anilines is 5. The number of carbonyl (C=O) groups is 2. The van der Waals surface area contributed by atoms with E-state index in [1.54, 1.807) is 25.3 Å². The summed E-state index contributed by atoms with van der Waals surface area (Å²) in [5.74, 6) is 0.989. The monoisotopic (exact) mass is 474 g/mol. The van der Waals surface area contributed by atoms with Crippen LogP contribution in [0.3, 0.4) is 0 Å². The maximum Gasteiger partial charge on any atom is 0.257 e. The highest BCUT2D eigenvalue weighted by molar-refractivity contribution is 6.03. The van der Waals surface area contributed by atoms with Gasteiger partial charge >= 0.3 is 0 Å². The van der Waals surface area contributed by atoms with Crippen LogP contribution in [0.25, 0.3) is 0 Å². The molecular weight excluding hydrogens is 448 g/mol. The lowest BCUT2D eigenvalue weighted by molar-refractivity contribution is -0.111. The highest BCUT2D eigenvalue weighted by Gasteiger charge is 2.28. The molecule has 3 N–H and O–H groups in total. The lowest BCUT2D eigenvalue weighted by Gasteiger charge is -2.21. The number of carbonyl (C=O) groups excluding carboxylic acids is 2. The fraction of sp³-hybridized carbons (Fsp3) is 0.200. The number of benzene rings is 2. The fourth-order valence-corrected chi connectivity index (χ4v) is 3.53. The van der Waals surface area contributed by atoms with E-state index in [1.807, 2.05) is 42.3 Å². The van der Waals surface area contributed by atoms with Crippen molar-refractivity contribution < 1.29 is 19.1 Å². The zero-order valence-electron chi connectivity index (χ0n) is 19.5. The Kier molecular flexibility index (Phi) is 7.22. The van der Waals surface area contributed by atoms with Crippen molar-refractivity contribution in [3.05, 3.63) is 72.4 Å². The van der Waals surface area contributed by atoms with Crippen molar-refractivity contribution in [1.29, 1.82) is 0 Å². The van der Waals surface area contributed by atoms with Gasteiger partial charge in [-0.15, -0.1) is 0 Å². The fourth-order valence-electron chi connectivity index (χ4n) is 3.53. The summed E-state index contributed by atoms with van der Waals surface area (Å²) >= 11 is 0. The summed E-state index contributed by atoms with van der Waals surface area (Å²) in [6, 6.07) is 14.6. The predicted molar refractivity (Wildman–Crippen MR) is 134 cm³/mol. The molecule has 1 aromatic heterocycles. The van der Waals surface area contributed by atoms with Crippen molar-refractivity contribution in [2.75, 3.05) is 42.9 Å². The van der Waals surface area contributed by atoms with Crippen molar-refractivity contribution in [3.8, 4) is 5.75 Å². The number of nitrogens with one attached hydrogen (secondary N) is 3. The standard InChI is InChI=1S/C25H26N6O4/c1-4-21(32)27-16-6-5-7-17(14-16)28-25-29-20-15-26-24(33)22(20)23(30-25)31(2)18-8-10-19(11-9-18)35-13-12-34-3/h4-11,14H,1,12-13,15H2,2-3H3,(H,26,33)(H,27,32)(H,28,29,30). The highest BCUT2D eigenvalue weighted by atomic mass is 16.5. The van der Waals surface area contributed by atoms with Gasteiger partial charge in [0.2, 0.25) is 11.9 Å². The molecule has 10 heteroatoms. The number of ether oxygens (including phenoxy) is 2. The lowest BCUT2D eigenvalue weighted by Crippen LogP contribution is -2.19. The van der Waals surface area contributed by atoms with Crippen LogP contribution in [-0.2, 0) is 16.1 Å². The molecule has 0 unspecified atom stereocenters. The molecule has 1 aliphatic rings. The maximum atomic E-state index is 12.6. The Morgan fingerprint density at radius 2 is 1.94 bits per heavy atom. The van der Waals surface area contributed by atoms with Crippen LogP contribution in [0.4, 0.5) is 28.8 Å². The minimum absolute atomic E-state index is 0.220. The molecule has 0 saturated carbocycles. The molecule has 2 aromatic carbocycles. The summed E-state index contributed by atoms with van der Waals surface area (Å²) in [6.07, 6.45) is 1.20. The van der Waals surface area contributed by atoms with Gasteiger partial charge in [-0.1, -0.05) is 12.6 Å². The number of nitrogens with zero attached hydrogens (tertiary/aromatic N) is 3. The first-order valence-corrected chi connectivity index (χ1v) is 10.9.